The number of amides is 1. The number of methoxy groups -OCH3 is 1. The van der Waals surface area contributed by atoms with Gasteiger partial charge in [0.2, 0.25) is 5.91 Å². The van der Waals surface area contributed by atoms with E-state index in [2.05, 4.69) is 16.9 Å². The molecule has 0 aliphatic carbocycles. The Morgan fingerprint density at radius 3 is 2.72 bits per heavy atom. The van der Waals surface area contributed by atoms with Crippen molar-refractivity contribution in [1.82, 2.24) is 14.8 Å². The molecule has 0 saturated carbocycles. The number of rotatable bonds is 8. The fourth-order valence-corrected chi connectivity index (χ4v) is 4.48. The molecule has 1 amide bonds. The summed E-state index contributed by atoms with van der Waals surface area (Å²) in [6.07, 6.45) is 1.39. The predicted octanol–water partition coefficient (Wildman–Crippen LogP) is 1.34. The van der Waals surface area contributed by atoms with Crippen molar-refractivity contribution < 1.29 is 14.6 Å². The fraction of sp³-hybridized carbons (Fsp3) is 0.778. The van der Waals surface area contributed by atoms with Crippen LogP contribution in [0, 0.1) is 25.7 Å². The van der Waals surface area contributed by atoms with Crippen LogP contribution in [0.1, 0.15) is 22.0 Å². The molecule has 1 aliphatic rings. The third-order valence-electron chi connectivity index (χ3n) is 4.79. The molecule has 7 heteroatoms. The summed E-state index contributed by atoms with van der Waals surface area (Å²) >= 11 is 1.60. The number of aromatic nitrogens is 1. The van der Waals surface area contributed by atoms with Gasteiger partial charge >= 0.3 is 0 Å². The molecule has 2 atom stereocenters. The summed E-state index contributed by atoms with van der Waals surface area (Å²) in [4.78, 5) is 22.4. The molecule has 25 heavy (non-hydrogen) atoms. The Balaban J connectivity index is 1.96. The number of carbonyl (C=O) groups excluding carboxylic acids is 1. The van der Waals surface area contributed by atoms with Crippen molar-refractivity contribution >= 4 is 17.2 Å². The summed E-state index contributed by atoms with van der Waals surface area (Å²) in [5.41, 5.74) is 0.961. The van der Waals surface area contributed by atoms with Crippen LogP contribution in [0.15, 0.2) is 0 Å². The lowest BCUT2D eigenvalue weighted by Gasteiger charge is -2.38. The second-order valence-electron chi connectivity index (χ2n) is 7.12. The molecule has 0 spiro atoms. The number of aliphatic hydroxyl groups excluding tert-OH is 1. The van der Waals surface area contributed by atoms with E-state index in [0.717, 1.165) is 41.6 Å². The topological polar surface area (TPSA) is 65.9 Å². The summed E-state index contributed by atoms with van der Waals surface area (Å²) in [7, 11) is 3.79. The summed E-state index contributed by atoms with van der Waals surface area (Å²) in [5.74, 6) is 0.707. The van der Waals surface area contributed by atoms with Crippen molar-refractivity contribution in [3.8, 4) is 0 Å². The highest BCUT2D eigenvalue weighted by molar-refractivity contribution is 7.11. The maximum Gasteiger partial charge on any atom is 0.227 e. The molecule has 2 heterocycles. The first-order chi connectivity index (χ1) is 11.9. The van der Waals surface area contributed by atoms with Crippen molar-refractivity contribution in [2.45, 2.75) is 26.7 Å². The van der Waals surface area contributed by atoms with E-state index in [9.17, 15) is 9.90 Å². The van der Waals surface area contributed by atoms with Gasteiger partial charge in [-0.05, 0) is 39.2 Å². The van der Waals surface area contributed by atoms with Crippen molar-refractivity contribution in [3.63, 3.8) is 0 Å². The Hall–Kier alpha value is -1.02. The number of aliphatic hydroxyl groups is 1. The van der Waals surface area contributed by atoms with Gasteiger partial charge in [0.05, 0.1) is 23.7 Å². The predicted molar refractivity (Wildman–Crippen MR) is 99.9 cm³/mol. The molecule has 0 bridgehead atoms. The number of ether oxygens (including phenoxy) is 1. The van der Waals surface area contributed by atoms with Gasteiger partial charge in [0.25, 0.3) is 0 Å². The molecule has 1 N–H and O–H groups in total. The molecule has 1 aromatic rings. The molecular formula is C18H31N3O3S. The van der Waals surface area contributed by atoms with Gasteiger partial charge in [0.15, 0.2) is 0 Å². The molecule has 1 fully saturated rings. The minimum Gasteiger partial charge on any atom is -0.396 e. The maximum absolute atomic E-state index is 12.8. The molecule has 0 aromatic carbocycles. The number of piperidine rings is 1. The number of aryl methyl sites for hydroxylation is 2. The zero-order chi connectivity index (χ0) is 18.4. The van der Waals surface area contributed by atoms with Gasteiger partial charge in [0, 0.05) is 44.8 Å². The van der Waals surface area contributed by atoms with Crippen molar-refractivity contribution in [1.29, 1.82) is 0 Å². The van der Waals surface area contributed by atoms with Crippen LogP contribution in [0.25, 0.3) is 0 Å². The number of nitrogens with zero attached hydrogens (tertiary/aromatic N) is 3. The number of likely N-dealkylation sites (N-methyl/N-ethyl adjacent to an activating group) is 1. The molecule has 1 aliphatic heterocycles. The highest BCUT2D eigenvalue weighted by Gasteiger charge is 2.30. The Kier molecular flexibility index (Phi) is 7.81. The lowest BCUT2D eigenvalue weighted by molar-refractivity contribution is -0.134. The maximum atomic E-state index is 12.8. The van der Waals surface area contributed by atoms with Crippen LogP contribution in [0.4, 0.5) is 0 Å². The average molecular weight is 370 g/mol. The first kappa shape index (κ1) is 20.3. The summed E-state index contributed by atoms with van der Waals surface area (Å²) < 4.78 is 5.13. The van der Waals surface area contributed by atoms with Crippen LogP contribution < -0.4 is 0 Å². The molecular weight excluding hydrogens is 338 g/mol. The normalized spacial score (nSPS) is 21.1. The van der Waals surface area contributed by atoms with Gasteiger partial charge < -0.3 is 19.6 Å². The lowest BCUT2D eigenvalue weighted by Crippen LogP contribution is -2.48. The monoisotopic (exact) mass is 369 g/mol. The fourth-order valence-electron chi connectivity index (χ4n) is 3.55. The Morgan fingerprint density at radius 2 is 2.12 bits per heavy atom. The molecule has 2 rings (SSSR count). The van der Waals surface area contributed by atoms with Gasteiger partial charge in [-0.1, -0.05) is 0 Å². The number of hydrogen-bond donors (Lipinski definition) is 1. The summed E-state index contributed by atoms with van der Waals surface area (Å²) in [5, 5.41) is 10.6. The molecule has 1 saturated heterocycles. The van der Waals surface area contributed by atoms with Crippen molar-refractivity contribution in [2.75, 3.05) is 53.6 Å². The largest absolute Gasteiger partial charge is 0.396 e. The molecule has 1 aromatic heterocycles. The van der Waals surface area contributed by atoms with Gasteiger partial charge in [-0.2, -0.15) is 0 Å². The number of hydrogen-bond acceptors (Lipinski definition) is 6. The molecule has 0 radical (unpaired) electrons. The highest BCUT2D eigenvalue weighted by atomic mass is 32.1. The minimum atomic E-state index is 0.140. The zero-order valence-corrected chi connectivity index (χ0v) is 16.6. The smallest absolute Gasteiger partial charge is 0.227 e. The van der Waals surface area contributed by atoms with Crippen molar-refractivity contribution in [3.05, 3.63) is 15.6 Å². The minimum absolute atomic E-state index is 0.140. The van der Waals surface area contributed by atoms with Crippen LogP contribution >= 0.6 is 11.3 Å². The summed E-state index contributed by atoms with van der Waals surface area (Å²) in [6, 6.07) is 0. The molecule has 6 nitrogen and oxygen atoms in total. The van der Waals surface area contributed by atoms with E-state index in [1.54, 1.807) is 18.4 Å². The van der Waals surface area contributed by atoms with Crippen LogP contribution in [0.2, 0.25) is 0 Å². The van der Waals surface area contributed by atoms with E-state index in [-0.39, 0.29) is 18.4 Å². The Bertz CT molecular complexity index is 564. The number of likely N-dealkylation sites (tertiary alicyclic amines) is 1. The quantitative estimate of drug-likeness (QED) is 0.749. The second kappa shape index (κ2) is 9.62. The first-order valence-electron chi connectivity index (χ1n) is 8.92. The van der Waals surface area contributed by atoms with E-state index >= 15 is 0 Å². The van der Waals surface area contributed by atoms with Gasteiger partial charge in [-0.25, -0.2) is 4.98 Å². The van der Waals surface area contributed by atoms with Crippen LogP contribution in [-0.4, -0.2) is 79.3 Å². The zero-order valence-electron chi connectivity index (χ0n) is 15.8. The van der Waals surface area contributed by atoms with Crippen LogP contribution in [0.3, 0.4) is 0 Å². The number of thiazole rings is 1. The van der Waals surface area contributed by atoms with Crippen LogP contribution in [-0.2, 0) is 16.0 Å². The molecule has 0 unspecified atom stereocenters. The third-order valence-corrected chi connectivity index (χ3v) is 5.87. The summed E-state index contributed by atoms with van der Waals surface area (Å²) in [6.45, 7) is 8.01. The van der Waals surface area contributed by atoms with Crippen molar-refractivity contribution in [2.24, 2.45) is 11.8 Å². The van der Waals surface area contributed by atoms with E-state index < -0.39 is 0 Å². The average Bonchev–Trinajstić information content (AvgIpc) is 2.89. The first-order valence-corrected chi connectivity index (χ1v) is 9.73. The Morgan fingerprint density at radius 1 is 1.40 bits per heavy atom. The lowest BCUT2D eigenvalue weighted by atomic mass is 9.89. The van der Waals surface area contributed by atoms with Gasteiger partial charge in [-0.3, -0.25) is 4.79 Å². The second-order valence-corrected chi connectivity index (χ2v) is 8.41. The highest BCUT2D eigenvalue weighted by Crippen LogP contribution is 2.24. The van der Waals surface area contributed by atoms with Crippen LogP contribution in [0.5, 0.6) is 0 Å². The SMILES string of the molecule is COCCN(C)C[C@H]1C[C@@H](CO)CN(C(=O)Cc2sc(C)nc2C)C1. The van der Waals surface area contributed by atoms with Gasteiger partial charge in [0.1, 0.15) is 0 Å². The van der Waals surface area contributed by atoms with Gasteiger partial charge in [-0.15, -0.1) is 11.3 Å². The van der Waals surface area contributed by atoms with E-state index in [1.165, 1.54) is 0 Å². The number of carbonyl (C=O) groups is 1. The Labute approximate surface area is 154 Å². The standard InChI is InChI=1S/C18H31N3O3S/c1-13-17(25-14(2)19-13)8-18(23)21-10-15(7-16(11-21)12-22)9-20(3)5-6-24-4/h15-16,22H,5-12H2,1-4H3/t15-,16-/m1/s1. The third kappa shape index (κ3) is 6.02. The van der Waals surface area contributed by atoms with E-state index in [4.69, 9.17) is 4.74 Å². The van der Waals surface area contributed by atoms with E-state index in [0.29, 0.717) is 25.5 Å². The molecule has 142 valence electrons. The van der Waals surface area contributed by atoms with E-state index in [1.807, 2.05) is 18.7 Å².